The molecule has 1 aromatic carbocycles. The van der Waals surface area contributed by atoms with Crippen LogP contribution in [0.15, 0.2) is 30.5 Å². The van der Waals surface area contributed by atoms with E-state index in [9.17, 15) is 4.79 Å². The normalized spacial score (nSPS) is 18.2. The van der Waals surface area contributed by atoms with E-state index in [2.05, 4.69) is 9.97 Å². The van der Waals surface area contributed by atoms with Crippen molar-refractivity contribution in [1.29, 1.82) is 0 Å². The Morgan fingerprint density at radius 2 is 2.00 bits per heavy atom. The lowest BCUT2D eigenvalue weighted by Crippen LogP contribution is -2.48. The standard InChI is InChI=1S/C19H25N3O3/c1-19(2,3)25-18(23)22-11-7-6-8-14(22)13-24-17-12-20-15-9-4-5-10-16(15)21-17/h4-5,9-10,12,14H,6-8,11,13H2,1-3H3/t14-/m1/s1. The number of carbonyl (C=O) groups excluding carboxylic acids is 1. The summed E-state index contributed by atoms with van der Waals surface area (Å²) in [6.45, 7) is 6.74. The fraction of sp³-hybridized carbons (Fsp3) is 0.526. The van der Waals surface area contributed by atoms with E-state index >= 15 is 0 Å². The highest BCUT2D eigenvalue weighted by Crippen LogP contribution is 2.21. The highest BCUT2D eigenvalue weighted by Gasteiger charge is 2.31. The van der Waals surface area contributed by atoms with Gasteiger partial charge in [-0.1, -0.05) is 12.1 Å². The SMILES string of the molecule is CC(C)(C)OC(=O)N1CCCC[C@@H]1COc1cnc2ccccc2n1. The van der Waals surface area contributed by atoms with Gasteiger partial charge < -0.3 is 14.4 Å². The van der Waals surface area contributed by atoms with Crippen molar-refractivity contribution < 1.29 is 14.3 Å². The summed E-state index contributed by atoms with van der Waals surface area (Å²) >= 11 is 0. The molecule has 25 heavy (non-hydrogen) atoms. The summed E-state index contributed by atoms with van der Waals surface area (Å²) in [5, 5.41) is 0. The van der Waals surface area contributed by atoms with E-state index in [0.29, 0.717) is 19.0 Å². The van der Waals surface area contributed by atoms with Gasteiger partial charge in [0.05, 0.1) is 23.3 Å². The van der Waals surface area contributed by atoms with Gasteiger partial charge in [0.1, 0.15) is 12.2 Å². The molecule has 3 rings (SSSR count). The maximum absolute atomic E-state index is 12.4. The molecular formula is C19H25N3O3. The average molecular weight is 343 g/mol. The second-order valence-electron chi connectivity index (χ2n) is 7.33. The van der Waals surface area contributed by atoms with Crippen LogP contribution in [0.1, 0.15) is 40.0 Å². The van der Waals surface area contributed by atoms with Crippen molar-refractivity contribution >= 4 is 17.1 Å². The Labute approximate surface area is 148 Å². The largest absolute Gasteiger partial charge is 0.474 e. The quantitative estimate of drug-likeness (QED) is 0.848. The Morgan fingerprint density at radius 1 is 1.24 bits per heavy atom. The first-order valence-corrected chi connectivity index (χ1v) is 8.76. The Morgan fingerprint density at radius 3 is 2.76 bits per heavy atom. The number of para-hydroxylation sites is 2. The minimum atomic E-state index is -0.496. The molecule has 6 nitrogen and oxygen atoms in total. The number of carbonyl (C=O) groups is 1. The topological polar surface area (TPSA) is 64.5 Å². The van der Waals surface area contributed by atoms with Crippen LogP contribution < -0.4 is 4.74 Å². The molecule has 1 atom stereocenters. The molecule has 0 spiro atoms. The summed E-state index contributed by atoms with van der Waals surface area (Å²) in [5.41, 5.74) is 1.14. The number of fused-ring (bicyclic) bond motifs is 1. The van der Waals surface area contributed by atoms with E-state index in [4.69, 9.17) is 9.47 Å². The van der Waals surface area contributed by atoms with Gasteiger partial charge in [-0.05, 0) is 52.2 Å². The van der Waals surface area contributed by atoms with Gasteiger partial charge >= 0.3 is 6.09 Å². The second-order valence-corrected chi connectivity index (χ2v) is 7.33. The molecule has 1 aliphatic heterocycles. The number of nitrogens with zero attached hydrogens (tertiary/aromatic N) is 3. The molecular weight excluding hydrogens is 318 g/mol. The summed E-state index contributed by atoms with van der Waals surface area (Å²) in [5.74, 6) is 0.480. The molecule has 2 aromatic rings. The fourth-order valence-corrected chi connectivity index (χ4v) is 2.93. The van der Waals surface area contributed by atoms with Crippen LogP contribution >= 0.6 is 0 Å². The minimum absolute atomic E-state index is 0.00290. The molecule has 1 amide bonds. The lowest BCUT2D eigenvalue weighted by atomic mass is 10.0. The van der Waals surface area contributed by atoms with E-state index in [1.807, 2.05) is 45.0 Å². The maximum atomic E-state index is 12.4. The molecule has 1 saturated heterocycles. The van der Waals surface area contributed by atoms with Crippen LogP contribution in [-0.2, 0) is 4.74 Å². The smallest absolute Gasteiger partial charge is 0.410 e. The summed E-state index contributed by atoms with van der Waals surface area (Å²) in [6, 6.07) is 7.67. The fourth-order valence-electron chi connectivity index (χ4n) is 2.93. The van der Waals surface area contributed by atoms with E-state index < -0.39 is 5.60 Å². The summed E-state index contributed by atoms with van der Waals surface area (Å²) < 4.78 is 11.4. The molecule has 0 radical (unpaired) electrons. The summed E-state index contributed by atoms with van der Waals surface area (Å²) in [6.07, 6.45) is 4.33. The number of hydrogen-bond donors (Lipinski definition) is 0. The number of amides is 1. The number of rotatable bonds is 3. The predicted molar refractivity (Wildman–Crippen MR) is 95.6 cm³/mol. The van der Waals surface area contributed by atoms with Crippen molar-refractivity contribution in [2.24, 2.45) is 0 Å². The zero-order valence-electron chi connectivity index (χ0n) is 15.1. The number of benzene rings is 1. The van der Waals surface area contributed by atoms with Gasteiger partial charge in [-0.25, -0.2) is 14.8 Å². The van der Waals surface area contributed by atoms with E-state index in [0.717, 1.165) is 30.3 Å². The molecule has 1 aliphatic rings. The molecule has 1 fully saturated rings. The number of ether oxygens (including phenoxy) is 2. The van der Waals surface area contributed by atoms with Gasteiger partial charge in [-0.15, -0.1) is 0 Å². The van der Waals surface area contributed by atoms with Gasteiger partial charge in [0.2, 0.25) is 5.88 Å². The molecule has 0 unspecified atom stereocenters. The molecule has 1 aromatic heterocycles. The average Bonchev–Trinajstić information content (AvgIpc) is 2.58. The third-order valence-corrected chi connectivity index (χ3v) is 4.11. The van der Waals surface area contributed by atoms with Crippen LogP contribution in [0.3, 0.4) is 0 Å². The van der Waals surface area contributed by atoms with Crippen LogP contribution in [-0.4, -0.2) is 45.8 Å². The summed E-state index contributed by atoms with van der Waals surface area (Å²) in [7, 11) is 0. The zero-order chi connectivity index (χ0) is 17.9. The Kier molecular flexibility index (Phi) is 5.06. The maximum Gasteiger partial charge on any atom is 0.410 e. The Bertz CT molecular complexity index is 742. The third kappa shape index (κ3) is 4.59. The van der Waals surface area contributed by atoms with Gasteiger partial charge in [-0.3, -0.25) is 0 Å². The van der Waals surface area contributed by atoms with E-state index in [-0.39, 0.29) is 12.1 Å². The first kappa shape index (κ1) is 17.5. The van der Waals surface area contributed by atoms with E-state index in [1.54, 1.807) is 11.1 Å². The van der Waals surface area contributed by atoms with Crippen molar-refractivity contribution in [2.75, 3.05) is 13.2 Å². The first-order valence-electron chi connectivity index (χ1n) is 8.76. The van der Waals surface area contributed by atoms with Crippen molar-refractivity contribution in [3.63, 3.8) is 0 Å². The van der Waals surface area contributed by atoms with Crippen LogP contribution in [0.5, 0.6) is 5.88 Å². The molecule has 2 heterocycles. The minimum Gasteiger partial charge on any atom is -0.474 e. The number of piperidine rings is 1. The molecule has 0 N–H and O–H groups in total. The van der Waals surface area contributed by atoms with Crippen molar-refractivity contribution in [2.45, 2.75) is 51.7 Å². The highest BCUT2D eigenvalue weighted by atomic mass is 16.6. The highest BCUT2D eigenvalue weighted by molar-refractivity contribution is 5.74. The van der Waals surface area contributed by atoms with Crippen molar-refractivity contribution in [1.82, 2.24) is 14.9 Å². The molecule has 0 bridgehead atoms. The molecule has 0 aliphatic carbocycles. The molecule has 0 saturated carbocycles. The number of likely N-dealkylation sites (tertiary alicyclic amines) is 1. The third-order valence-electron chi connectivity index (χ3n) is 4.11. The van der Waals surface area contributed by atoms with Gasteiger partial charge in [-0.2, -0.15) is 0 Å². The second kappa shape index (κ2) is 7.25. The molecule has 134 valence electrons. The van der Waals surface area contributed by atoms with Gasteiger partial charge in [0, 0.05) is 6.54 Å². The van der Waals surface area contributed by atoms with E-state index in [1.165, 1.54) is 0 Å². The van der Waals surface area contributed by atoms with Crippen LogP contribution in [0, 0.1) is 0 Å². The first-order chi connectivity index (χ1) is 11.9. The lowest BCUT2D eigenvalue weighted by Gasteiger charge is -2.36. The summed E-state index contributed by atoms with van der Waals surface area (Å²) in [4.78, 5) is 23.0. The predicted octanol–water partition coefficient (Wildman–Crippen LogP) is 3.80. The van der Waals surface area contributed by atoms with Crippen LogP contribution in [0.25, 0.3) is 11.0 Å². The van der Waals surface area contributed by atoms with Gasteiger partial charge in [0.15, 0.2) is 0 Å². The monoisotopic (exact) mass is 343 g/mol. The Balaban J connectivity index is 1.65. The number of hydrogen-bond acceptors (Lipinski definition) is 5. The molecule has 6 heteroatoms. The van der Waals surface area contributed by atoms with Gasteiger partial charge in [0.25, 0.3) is 0 Å². The van der Waals surface area contributed by atoms with Crippen molar-refractivity contribution in [3.05, 3.63) is 30.5 Å². The van der Waals surface area contributed by atoms with Crippen LogP contribution in [0.2, 0.25) is 0 Å². The zero-order valence-corrected chi connectivity index (χ0v) is 15.1. The van der Waals surface area contributed by atoms with Crippen molar-refractivity contribution in [3.8, 4) is 5.88 Å². The Hall–Kier alpha value is -2.37. The number of aromatic nitrogens is 2. The van der Waals surface area contributed by atoms with Crippen LogP contribution in [0.4, 0.5) is 4.79 Å². The lowest BCUT2D eigenvalue weighted by molar-refractivity contribution is 0.00335.